The third-order valence-electron chi connectivity index (χ3n) is 14.5. The van der Waals surface area contributed by atoms with Gasteiger partial charge in [0.2, 0.25) is 0 Å². The molecule has 0 aromatic heterocycles. The minimum absolute atomic E-state index is 1.20. The molecule has 14 aromatic carbocycles. The second kappa shape index (κ2) is 15.4. The van der Waals surface area contributed by atoms with Gasteiger partial charge in [-0.2, -0.15) is 0 Å². The van der Waals surface area contributed by atoms with Gasteiger partial charge in [-0.3, -0.25) is 0 Å². The van der Waals surface area contributed by atoms with Crippen LogP contribution in [0.5, 0.6) is 0 Å². The monoisotopic (exact) mass is 858 g/mol. The lowest BCUT2D eigenvalue weighted by atomic mass is 9.87. The summed E-state index contributed by atoms with van der Waals surface area (Å²) in [6.07, 6.45) is 0. The molecular formula is C68H42. The van der Waals surface area contributed by atoms with Gasteiger partial charge in [0.25, 0.3) is 0 Å². The SMILES string of the molecule is c1cc(-c2ccc3c(-c4ccc5c(ccc6ccccc65)c4)c4cc(-c5cccc(-c6ccc7c(ccc8ccccc87)c6)c5)ccc4cc3c2)cc(-c2ccc3c(ccc4ccccc43)c2)c1. The molecule has 0 saturated heterocycles. The summed E-state index contributed by atoms with van der Waals surface area (Å²) in [6.45, 7) is 0. The Bertz CT molecular complexity index is 4380. The molecule has 0 spiro atoms. The maximum atomic E-state index is 2.42. The molecule has 0 N–H and O–H groups in total. The predicted octanol–water partition coefficient (Wildman–Crippen LogP) is 19.2. The van der Waals surface area contributed by atoms with Gasteiger partial charge in [-0.25, -0.2) is 0 Å². The van der Waals surface area contributed by atoms with Crippen molar-refractivity contribution in [2.75, 3.05) is 0 Å². The maximum absolute atomic E-state index is 2.42. The van der Waals surface area contributed by atoms with Gasteiger partial charge in [0, 0.05) is 0 Å². The summed E-state index contributed by atoms with van der Waals surface area (Å²) < 4.78 is 0. The van der Waals surface area contributed by atoms with E-state index in [1.807, 2.05) is 0 Å². The fourth-order valence-electron chi connectivity index (χ4n) is 11.1. The van der Waals surface area contributed by atoms with Crippen LogP contribution < -0.4 is 0 Å². The van der Waals surface area contributed by atoms with E-state index in [1.165, 1.54) is 142 Å². The van der Waals surface area contributed by atoms with Crippen LogP contribution in [0.2, 0.25) is 0 Å². The van der Waals surface area contributed by atoms with Crippen molar-refractivity contribution in [2.24, 2.45) is 0 Å². The van der Waals surface area contributed by atoms with Crippen LogP contribution in [-0.4, -0.2) is 0 Å². The average molecular weight is 859 g/mol. The van der Waals surface area contributed by atoms with E-state index in [1.54, 1.807) is 0 Å². The highest BCUT2D eigenvalue weighted by atomic mass is 14.2. The third kappa shape index (κ3) is 6.38. The summed E-state index contributed by atoms with van der Waals surface area (Å²) in [5.74, 6) is 0. The van der Waals surface area contributed by atoms with Crippen LogP contribution in [0.1, 0.15) is 0 Å². The van der Waals surface area contributed by atoms with Crippen molar-refractivity contribution < 1.29 is 0 Å². The van der Waals surface area contributed by atoms with Crippen molar-refractivity contribution in [3.63, 3.8) is 0 Å². The molecule has 0 unspecified atom stereocenters. The van der Waals surface area contributed by atoms with Gasteiger partial charge < -0.3 is 0 Å². The zero-order chi connectivity index (χ0) is 44.7. The third-order valence-corrected chi connectivity index (χ3v) is 14.5. The summed E-state index contributed by atoms with van der Waals surface area (Å²) in [4.78, 5) is 0. The Labute approximate surface area is 394 Å². The summed E-state index contributed by atoms with van der Waals surface area (Å²) in [6, 6.07) is 94.9. The Hall–Kier alpha value is -8.84. The highest BCUT2D eigenvalue weighted by Crippen LogP contribution is 2.42. The van der Waals surface area contributed by atoms with E-state index in [4.69, 9.17) is 0 Å². The van der Waals surface area contributed by atoms with Crippen molar-refractivity contribution in [2.45, 2.75) is 0 Å². The molecule has 14 rings (SSSR count). The lowest BCUT2D eigenvalue weighted by Crippen LogP contribution is -1.89. The molecule has 0 aliphatic rings. The van der Waals surface area contributed by atoms with Crippen LogP contribution in [-0.2, 0) is 0 Å². The van der Waals surface area contributed by atoms with Crippen molar-refractivity contribution in [3.05, 3.63) is 255 Å². The van der Waals surface area contributed by atoms with Gasteiger partial charge in [0.05, 0.1) is 0 Å². The molecular weight excluding hydrogens is 817 g/mol. The van der Waals surface area contributed by atoms with Crippen LogP contribution in [0, 0.1) is 0 Å². The second-order valence-electron chi connectivity index (χ2n) is 18.5. The van der Waals surface area contributed by atoms with Gasteiger partial charge in [-0.1, -0.05) is 206 Å². The number of hydrogen-bond donors (Lipinski definition) is 0. The molecule has 0 fully saturated rings. The fourth-order valence-corrected chi connectivity index (χ4v) is 11.1. The van der Waals surface area contributed by atoms with Crippen LogP contribution in [0.4, 0.5) is 0 Å². The number of hydrogen-bond acceptors (Lipinski definition) is 0. The number of rotatable bonds is 5. The number of benzene rings is 14. The smallest absolute Gasteiger partial charge is 0.00264 e. The van der Waals surface area contributed by atoms with Crippen molar-refractivity contribution in [1.29, 1.82) is 0 Å². The summed E-state index contributed by atoms with van der Waals surface area (Å²) >= 11 is 0. The molecule has 0 saturated carbocycles. The Balaban J connectivity index is 0.897. The molecule has 0 bridgehead atoms. The molecule has 0 aliphatic heterocycles. The van der Waals surface area contributed by atoms with E-state index in [0.717, 1.165) is 0 Å². The Morgan fingerprint density at radius 1 is 0.132 bits per heavy atom. The Morgan fingerprint density at radius 2 is 0.441 bits per heavy atom. The molecule has 68 heavy (non-hydrogen) atoms. The largest absolute Gasteiger partial charge is 0.0616 e. The predicted molar refractivity (Wildman–Crippen MR) is 294 cm³/mol. The molecule has 0 heterocycles. The highest BCUT2D eigenvalue weighted by Gasteiger charge is 2.15. The Kier molecular flexibility index (Phi) is 8.69. The summed E-state index contributed by atoms with van der Waals surface area (Å²) in [7, 11) is 0. The number of fused-ring (bicyclic) bond motifs is 11. The second-order valence-corrected chi connectivity index (χ2v) is 18.5. The van der Waals surface area contributed by atoms with Crippen LogP contribution in [0.3, 0.4) is 0 Å². The van der Waals surface area contributed by atoms with Gasteiger partial charge >= 0.3 is 0 Å². The maximum Gasteiger partial charge on any atom is -0.00264 e. The summed E-state index contributed by atoms with van der Waals surface area (Å²) in [5.41, 5.74) is 12.2. The lowest BCUT2D eigenvalue weighted by molar-refractivity contribution is 1.61. The van der Waals surface area contributed by atoms with E-state index in [0.29, 0.717) is 0 Å². The molecule has 0 aliphatic carbocycles. The van der Waals surface area contributed by atoms with E-state index >= 15 is 0 Å². The summed E-state index contributed by atoms with van der Waals surface area (Å²) in [5, 5.41) is 20.2. The highest BCUT2D eigenvalue weighted by molar-refractivity contribution is 6.17. The van der Waals surface area contributed by atoms with Gasteiger partial charge in [0.15, 0.2) is 0 Å². The standard InChI is InChI=1S/C68H42/c1-4-16-60-43(9-1)19-23-54-37-50(27-31-63(54)60)46-12-7-14-48(35-46)52-29-34-66-59(39-52)41-57-26-22-53(42-67(57)68(66)58-30-33-65-56(40-58)25-21-45-11-3-6-18-62(45)65)49-15-8-13-47(36-49)51-28-32-64-55(38-51)24-20-44-10-2-5-17-61(44)64/h1-42H. The normalized spacial score (nSPS) is 11.8. The van der Waals surface area contributed by atoms with E-state index in [-0.39, 0.29) is 0 Å². The molecule has 0 radical (unpaired) electrons. The van der Waals surface area contributed by atoms with E-state index < -0.39 is 0 Å². The van der Waals surface area contributed by atoms with Crippen molar-refractivity contribution >= 4 is 86.2 Å². The fraction of sp³-hybridized carbons (Fsp3) is 0. The quantitative estimate of drug-likeness (QED) is 0.119. The topological polar surface area (TPSA) is 0 Å². The van der Waals surface area contributed by atoms with Gasteiger partial charge in [-0.15, -0.1) is 0 Å². The zero-order valence-electron chi connectivity index (χ0n) is 37.2. The van der Waals surface area contributed by atoms with Crippen molar-refractivity contribution in [1.82, 2.24) is 0 Å². The van der Waals surface area contributed by atoms with Crippen LogP contribution >= 0.6 is 0 Å². The Morgan fingerprint density at radius 3 is 0.926 bits per heavy atom. The minimum atomic E-state index is 1.20. The first-order chi connectivity index (χ1) is 33.6. The zero-order valence-corrected chi connectivity index (χ0v) is 37.2. The van der Waals surface area contributed by atoms with Crippen LogP contribution in [0.15, 0.2) is 255 Å². The van der Waals surface area contributed by atoms with Gasteiger partial charge in [0.1, 0.15) is 0 Å². The molecule has 0 nitrogen and oxygen atoms in total. The first kappa shape index (κ1) is 38.4. The van der Waals surface area contributed by atoms with E-state index in [9.17, 15) is 0 Å². The molecule has 14 aromatic rings. The molecule has 0 amide bonds. The first-order valence-corrected chi connectivity index (χ1v) is 23.6. The van der Waals surface area contributed by atoms with Crippen molar-refractivity contribution in [3.8, 4) is 55.6 Å². The van der Waals surface area contributed by atoms with Gasteiger partial charge in [-0.05, 0) is 190 Å². The minimum Gasteiger partial charge on any atom is -0.0616 e. The van der Waals surface area contributed by atoms with Crippen LogP contribution in [0.25, 0.3) is 142 Å². The molecule has 314 valence electrons. The molecule has 0 atom stereocenters. The van der Waals surface area contributed by atoms with E-state index in [2.05, 4.69) is 255 Å². The first-order valence-electron chi connectivity index (χ1n) is 23.6. The average Bonchev–Trinajstić information content (AvgIpc) is 3.41. The lowest BCUT2D eigenvalue weighted by Gasteiger charge is -2.16. The molecule has 0 heteroatoms.